The molecule has 0 atom stereocenters. The fourth-order valence-electron chi connectivity index (χ4n) is 3.01. The SMILES string of the molecule is Cc1cc(C)c(S(=O)(=O)Nc2ccc(Oc3ccccc3)cc2)c(C)c1. The van der Waals surface area contributed by atoms with E-state index in [1.807, 2.05) is 63.2 Å². The van der Waals surface area contributed by atoms with Crippen molar-refractivity contribution in [2.45, 2.75) is 25.7 Å². The number of ether oxygens (including phenoxy) is 1. The smallest absolute Gasteiger partial charge is 0.262 e. The van der Waals surface area contributed by atoms with Crippen LogP contribution in [0.2, 0.25) is 0 Å². The molecule has 0 bridgehead atoms. The van der Waals surface area contributed by atoms with Gasteiger partial charge >= 0.3 is 0 Å². The van der Waals surface area contributed by atoms with E-state index in [1.165, 1.54) is 0 Å². The topological polar surface area (TPSA) is 55.4 Å². The molecule has 3 aromatic rings. The van der Waals surface area contributed by atoms with E-state index >= 15 is 0 Å². The second-order valence-corrected chi connectivity index (χ2v) is 7.89. The van der Waals surface area contributed by atoms with Crippen molar-refractivity contribution in [2.75, 3.05) is 4.72 Å². The maximum atomic E-state index is 12.8. The third-order valence-corrected chi connectivity index (χ3v) is 5.64. The van der Waals surface area contributed by atoms with Gasteiger partial charge in [-0.25, -0.2) is 8.42 Å². The van der Waals surface area contributed by atoms with Crippen LogP contribution < -0.4 is 9.46 Å². The van der Waals surface area contributed by atoms with E-state index in [9.17, 15) is 8.42 Å². The minimum absolute atomic E-state index is 0.327. The number of benzene rings is 3. The molecule has 26 heavy (non-hydrogen) atoms. The second kappa shape index (κ2) is 7.22. The lowest BCUT2D eigenvalue weighted by Gasteiger charge is -2.14. The quantitative estimate of drug-likeness (QED) is 0.674. The van der Waals surface area contributed by atoms with Gasteiger partial charge in [0, 0.05) is 5.69 Å². The summed E-state index contributed by atoms with van der Waals surface area (Å²) in [6.07, 6.45) is 0. The lowest BCUT2D eigenvalue weighted by Crippen LogP contribution is -2.15. The van der Waals surface area contributed by atoms with E-state index in [2.05, 4.69) is 4.72 Å². The van der Waals surface area contributed by atoms with Crippen molar-refractivity contribution < 1.29 is 13.2 Å². The van der Waals surface area contributed by atoms with Gasteiger partial charge in [-0.1, -0.05) is 35.9 Å². The third-order valence-electron chi connectivity index (χ3n) is 3.96. The van der Waals surface area contributed by atoms with E-state index in [0.29, 0.717) is 16.3 Å². The first-order valence-corrected chi connectivity index (χ1v) is 9.77. The molecule has 4 nitrogen and oxygen atoms in total. The molecule has 0 radical (unpaired) electrons. The normalized spacial score (nSPS) is 11.2. The Balaban J connectivity index is 1.80. The first-order valence-electron chi connectivity index (χ1n) is 8.29. The van der Waals surface area contributed by atoms with E-state index in [1.54, 1.807) is 24.3 Å². The Morgan fingerprint density at radius 1 is 0.769 bits per heavy atom. The molecule has 0 unspecified atom stereocenters. The maximum Gasteiger partial charge on any atom is 0.262 e. The highest BCUT2D eigenvalue weighted by molar-refractivity contribution is 7.92. The van der Waals surface area contributed by atoms with Crippen molar-refractivity contribution in [1.29, 1.82) is 0 Å². The van der Waals surface area contributed by atoms with Crippen LogP contribution >= 0.6 is 0 Å². The molecule has 0 spiro atoms. The van der Waals surface area contributed by atoms with Gasteiger partial charge in [0.1, 0.15) is 11.5 Å². The predicted octanol–water partition coefficient (Wildman–Crippen LogP) is 5.20. The van der Waals surface area contributed by atoms with Gasteiger partial charge in [0.2, 0.25) is 0 Å². The van der Waals surface area contributed by atoms with E-state index < -0.39 is 10.0 Å². The van der Waals surface area contributed by atoms with E-state index in [0.717, 1.165) is 22.4 Å². The summed E-state index contributed by atoms with van der Waals surface area (Å²) in [5, 5.41) is 0. The molecule has 0 aliphatic heterocycles. The summed E-state index contributed by atoms with van der Waals surface area (Å²) in [6, 6.07) is 20.0. The zero-order valence-corrected chi connectivity index (χ0v) is 15.8. The number of hydrogen-bond donors (Lipinski definition) is 1. The molecule has 0 saturated heterocycles. The Morgan fingerprint density at radius 2 is 1.31 bits per heavy atom. The molecule has 0 saturated carbocycles. The minimum atomic E-state index is -3.65. The number of anilines is 1. The van der Waals surface area contributed by atoms with Gasteiger partial charge < -0.3 is 4.74 Å². The van der Waals surface area contributed by atoms with Gasteiger partial charge in [-0.2, -0.15) is 0 Å². The Bertz CT molecular complexity index is 988. The molecule has 134 valence electrons. The first kappa shape index (κ1) is 18.0. The van der Waals surface area contributed by atoms with Crippen LogP contribution in [-0.4, -0.2) is 8.42 Å². The summed E-state index contributed by atoms with van der Waals surface area (Å²) in [6.45, 7) is 5.58. The summed E-state index contributed by atoms with van der Waals surface area (Å²) >= 11 is 0. The standard InChI is InChI=1S/C21H21NO3S/c1-15-13-16(2)21(17(3)14-15)26(23,24)22-18-9-11-20(12-10-18)25-19-7-5-4-6-8-19/h4-14,22H,1-3H3. The number of rotatable bonds is 5. The van der Waals surface area contributed by atoms with Crippen molar-refractivity contribution in [3.8, 4) is 11.5 Å². The Labute approximate surface area is 154 Å². The largest absolute Gasteiger partial charge is 0.457 e. The summed E-state index contributed by atoms with van der Waals surface area (Å²) in [4.78, 5) is 0.327. The van der Waals surface area contributed by atoms with Crippen molar-refractivity contribution in [3.05, 3.63) is 83.4 Å². The van der Waals surface area contributed by atoms with E-state index in [-0.39, 0.29) is 0 Å². The zero-order valence-electron chi connectivity index (χ0n) is 15.0. The molecule has 0 amide bonds. The number of aryl methyl sites for hydroxylation is 3. The Kier molecular flexibility index (Phi) is 5.00. The maximum absolute atomic E-state index is 12.8. The molecular formula is C21H21NO3S. The van der Waals surface area contributed by atoms with Gasteiger partial charge in [0.15, 0.2) is 0 Å². The Hall–Kier alpha value is -2.79. The van der Waals surface area contributed by atoms with Gasteiger partial charge in [-0.3, -0.25) is 4.72 Å². The second-order valence-electron chi connectivity index (χ2n) is 6.27. The summed E-state index contributed by atoms with van der Waals surface area (Å²) in [5.41, 5.74) is 3.00. The highest BCUT2D eigenvalue weighted by atomic mass is 32.2. The summed E-state index contributed by atoms with van der Waals surface area (Å²) in [7, 11) is -3.65. The molecule has 0 fully saturated rings. The molecule has 0 aliphatic carbocycles. The Morgan fingerprint density at radius 3 is 1.88 bits per heavy atom. The van der Waals surface area contributed by atoms with Crippen molar-refractivity contribution in [3.63, 3.8) is 0 Å². The zero-order chi connectivity index (χ0) is 18.7. The summed E-state index contributed by atoms with van der Waals surface area (Å²) in [5.74, 6) is 1.37. The average Bonchev–Trinajstić information content (AvgIpc) is 2.56. The van der Waals surface area contributed by atoms with Crippen LogP contribution in [-0.2, 0) is 10.0 Å². The summed E-state index contributed by atoms with van der Waals surface area (Å²) < 4.78 is 33.9. The lowest BCUT2D eigenvalue weighted by molar-refractivity contribution is 0.483. The van der Waals surface area contributed by atoms with Crippen LogP contribution in [0.1, 0.15) is 16.7 Å². The van der Waals surface area contributed by atoms with Gasteiger partial charge in [0.25, 0.3) is 10.0 Å². The molecule has 3 rings (SSSR count). The average molecular weight is 367 g/mol. The fourth-order valence-corrected chi connectivity index (χ4v) is 4.53. The van der Waals surface area contributed by atoms with E-state index in [4.69, 9.17) is 4.74 Å². The number of hydrogen-bond acceptors (Lipinski definition) is 3. The van der Waals surface area contributed by atoms with Crippen LogP contribution in [0.25, 0.3) is 0 Å². The number of nitrogens with one attached hydrogen (secondary N) is 1. The van der Waals surface area contributed by atoms with Gasteiger partial charge in [0.05, 0.1) is 4.90 Å². The molecule has 3 aromatic carbocycles. The molecule has 5 heteroatoms. The van der Waals surface area contributed by atoms with Crippen LogP contribution in [0.3, 0.4) is 0 Å². The third kappa shape index (κ3) is 4.06. The van der Waals surface area contributed by atoms with Crippen molar-refractivity contribution in [1.82, 2.24) is 0 Å². The van der Waals surface area contributed by atoms with Crippen molar-refractivity contribution >= 4 is 15.7 Å². The molecule has 0 aromatic heterocycles. The first-order chi connectivity index (χ1) is 12.3. The van der Waals surface area contributed by atoms with Crippen LogP contribution in [0.5, 0.6) is 11.5 Å². The molecular weight excluding hydrogens is 346 g/mol. The lowest BCUT2D eigenvalue weighted by atomic mass is 10.1. The number of sulfonamides is 1. The molecule has 0 heterocycles. The van der Waals surface area contributed by atoms with Crippen molar-refractivity contribution in [2.24, 2.45) is 0 Å². The highest BCUT2D eigenvalue weighted by Gasteiger charge is 2.20. The minimum Gasteiger partial charge on any atom is -0.457 e. The van der Waals surface area contributed by atoms with Crippen LogP contribution in [0, 0.1) is 20.8 Å². The van der Waals surface area contributed by atoms with Gasteiger partial charge in [-0.15, -0.1) is 0 Å². The number of para-hydroxylation sites is 1. The fraction of sp³-hybridized carbons (Fsp3) is 0.143. The molecule has 1 N–H and O–H groups in total. The monoisotopic (exact) mass is 367 g/mol. The van der Waals surface area contributed by atoms with Crippen LogP contribution in [0.15, 0.2) is 71.6 Å². The molecule has 0 aliphatic rings. The van der Waals surface area contributed by atoms with Gasteiger partial charge in [-0.05, 0) is 68.3 Å². The van der Waals surface area contributed by atoms with Crippen LogP contribution in [0.4, 0.5) is 5.69 Å². The predicted molar refractivity (Wildman–Crippen MR) is 104 cm³/mol. The highest BCUT2D eigenvalue weighted by Crippen LogP contribution is 2.26.